The lowest BCUT2D eigenvalue weighted by molar-refractivity contribution is 0.434. The Kier molecular flexibility index (Phi) is 5.72. The molecule has 2 heterocycles. The summed E-state index contributed by atoms with van der Waals surface area (Å²) >= 11 is 0. The Morgan fingerprint density at radius 3 is 1.83 bits per heavy atom. The summed E-state index contributed by atoms with van der Waals surface area (Å²) in [4.78, 5) is 4.66. The summed E-state index contributed by atoms with van der Waals surface area (Å²) in [7, 11) is 0. The van der Waals surface area contributed by atoms with E-state index in [0.29, 0.717) is 0 Å². The molecule has 198 valence electrons. The first kappa shape index (κ1) is 24.3. The Bertz CT molecular complexity index is 2010. The summed E-state index contributed by atoms with van der Waals surface area (Å²) in [6.07, 6.45) is 1.86. The summed E-state index contributed by atoms with van der Waals surface area (Å²) in [5.74, 6) is 1.78. The molecule has 2 heteroatoms. The highest BCUT2D eigenvalue weighted by molar-refractivity contribution is 5.93. The Labute approximate surface area is 245 Å². The fourth-order valence-corrected chi connectivity index (χ4v) is 6.58. The van der Waals surface area contributed by atoms with Crippen LogP contribution in [0.15, 0.2) is 164 Å². The van der Waals surface area contributed by atoms with Crippen LogP contribution in [0, 0.1) is 0 Å². The number of ether oxygens (including phenoxy) is 1. The number of fused-ring (bicyclic) bond motifs is 3. The molecule has 0 atom stereocenters. The maximum atomic E-state index is 6.47. The average Bonchev–Trinajstić information content (AvgIpc) is 3.07. The van der Waals surface area contributed by atoms with Gasteiger partial charge in [-0.05, 0) is 52.1 Å². The normalized spacial score (nSPS) is 13.1. The van der Waals surface area contributed by atoms with Gasteiger partial charge in [0.2, 0.25) is 0 Å². The molecule has 0 N–H and O–H groups in total. The lowest BCUT2D eigenvalue weighted by Gasteiger charge is -2.41. The van der Waals surface area contributed by atoms with Crippen LogP contribution in [-0.2, 0) is 5.41 Å². The maximum Gasteiger partial charge on any atom is 0.132 e. The molecular weight excluding hydrogens is 510 g/mol. The van der Waals surface area contributed by atoms with Crippen molar-refractivity contribution in [2.45, 2.75) is 5.41 Å². The number of pyridine rings is 1. The maximum absolute atomic E-state index is 6.47. The van der Waals surface area contributed by atoms with Crippen LogP contribution in [0.3, 0.4) is 0 Å². The third-order valence-electron chi connectivity index (χ3n) is 8.47. The number of hydrogen-bond donors (Lipinski definition) is 0. The highest BCUT2D eigenvalue weighted by Gasteiger charge is 2.45. The van der Waals surface area contributed by atoms with E-state index in [9.17, 15) is 0 Å². The van der Waals surface area contributed by atoms with Gasteiger partial charge in [-0.2, -0.15) is 0 Å². The van der Waals surface area contributed by atoms with Crippen LogP contribution in [0.2, 0.25) is 0 Å². The largest absolute Gasteiger partial charge is 0.457 e. The van der Waals surface area contributed by atoms with Crippen LogP contribution in [0.25, 0.3) is 33.2 Å². The van der Waals surface area contributed by atoms with E-state index in [1.54, 1.807) is 0 Å². The molecule has 7 aromatic rings. The van der Waals surface area contributed by atoms with Gasteiger partial charge in [-0.3, -0.25) is 4.98 Å². The van der Waals surface area contributed by atoms with Crippen LogP contribution in [0.4, 0.5) is 0 Å². The predicted molar refractivity (Wildman–Crippen MR) is 171 cm³/mol. The molecule has 1 aliphatic rings. The Balaban J connectivity index is 1.30. The zero-order valence-electron chi connectivity index (χ0n) is 22.9. The molecular formula is C40H27NO. The molecule has 0 aliphatic carbocycles. The van der Waals surface area contributed by atoms with Crippen LogP contribution in [0.1, 0.15) is 22.3 Å². The van der Waals surface area contributed by atoms with Crippen LogP contribution in [-0.4, -0.2) is 4.98 Å². The fourth-order valence-electron chi connectivity index (χ4n) is 6.58. The summed E-state index contributed by atoms with van der Waals surface area (Å²) in [5, 5.41) is 1.15. The second-order valence-electron chi connectivity index (χ2n) is 10.7. The molecule has 1 aliphatic heterocycles. The number of para-hydroxylation sites is 3. The lowest BCUT2D eigenvalue weighted by atomic mass is 9.63. The molecule has 0 spiro atoms. The van der Waals surface area contributed by atoms with E-state index in [0.717, 1.165) is 44.7 Å². The topological polar surface area (TPSA) is 22.1 Å². The lowest BCUT2D eigenvalue weighted by Crippen LogP contribution is -2.34. The molecule has 0 bridgehead atoms. The van der Waals surface area contributed by atoms with Crippen molar-refractivity contribution in [3.8, 4) is 33.8 Å². The van der Waals surface area contributed by atoms with Gasteiger partial charge in [-0.15, -0.1) is 0 Å². The van der Waals surface area contributed by atoms with Crippen LogP contribution >= 0.6 is 0 Å². The number of nitrogens with zero attached hydrogens (tertiary/aromatic N) is 1. The van der Waals surface area contributed by atoms with Crippen LogP contribution < -0.4 is 4.74 Å². The molecule has 0 amide bonds. The van der Waals surface area contributed by atoms with Crippen molar-refractivity contribution < 1.29 is 4.74 Å². The smallest absolute Gasteiger partial charge is 0.132 e. The van der Waals surface area contributed by atoms with Gasteiger partial charge < -0.3 is 4.74 Å². The first-order chi connectivity index (χ1) is 20.8. The fraction of sp³-hybridized carbons (Fsp3) is 0.0250. The van der Waals surface area contributed by atoms with Gasteiger partial charge in [0.15, 0.2) is 0 Å². The van der Waals surface area contributed by atoms with E-state index in [1.165, 1.54) is 22.3 Å². The Morgan fingerprint density at radius 1 is 0.452 bits per heavy atom. The first-order valence-corrected chi connectivity index (χ1v) is 14.3. The first-order valence-electron chi connectivity index (χ1n) is 14.3. The highest BCUT2D eigenvalue weighted by atomic mass is 16.5. The minimum Gasteiger partial charge on any atom is -0.457 e. The van der Waals surface area contributed by atoms with Gasteiger partial charge in [0.25, 0.3) is 0 Å². The third kappa shape index (κ3) is 3.77. The molecule has 1 aromatic heterocycles. The number of hydrogen-bond acceptors (Lipinski definition) is 2. The highest BCUT2D eigenvalue weighted by Crippen LogP contribution is 2.55. The molecule has 0 saturated carbocycles. The zero-order valence-corrected chi connectivity index (χ0v) is 22.9. The van der Waals surface area contributed by atoms with Crippen molar-refractivity contribution in [1.29, 1.82) is 0 Å². The summed E-state index contributed by atoms with van der Waals surface area (Å²) in [5.41, 5.74) is 9.85. The molecule has 0 unspecified atom stereocenters. The average molecular weight is 538 g/mol. The van der Waals surface area contributed by atoms with E-state index in [-0.39, 0.29) is 0 Å². The molecule has 6 aromatic carbocycles. The number of benzene rings is 6. The van der Waals surface area contributed by atoms with Crippen molar-refractivity contribution in [3.63, 3.8) is 0 Å². The number of rotatable bonds is 4. The van der Waals surface area contributed by atoms with E-state index < -0.39 is 5.41 Å². The van der Waals surface area contributed by atoms with Gasteiger partial charge in [0.05, 0.1) is 10.9 Å². The molecule has 42 heavy (non-hydrogen) atoms. The molecule has 2 nitrogen and oxygen atoms in total. The van der Waals surface area contributed by atoms with E-state index >= 15 is 0 Å². The van der Waals surface area contributed by atoms with E-state index in [1.807, 2.05) is 24.4 Å². The third-order valence-corrected chi connectivity index (χ3v) is 8.47. The van der Waals surface area contributed by atoms with Gasteiger partial charge in [-0.25, -0.2) is 0 Å². The minimum absolute atomic E-state index is 0.530. The monoisotopic (exact) mass is 537 g/mol. The van der Waals surface area contributed by atoms with E-state index in [2.05, 4.69) is 145 Å². The predicted octanol–water partition coefficient (Wildman–Crippen LogP) is 10.1. The van der Waals surface area contributed by atoms with Crippen molar-refractivity contribution in [3.05, 3.63) is 186 Å². The second-order valence-corrected chi connectivity index (χ2v) is 10.7. The van der Waals surface area contributed by atoms with Crippen molar-refractivity contribution in [2.75, 3.05) is 0 Å². The second kappa shape index (κ2) is 9.87. The zero-order chi connectivity index (χ0) is 27.9. The number of aromatic nitrogens is 1. The van der Waals surface area contributed by atoms with Gasteiger partial charge in [0.1, 0.15) is 11.5 Å². The van der Waals surface area contributed by atoms with Crippen molar-refractivity contribution in [2.24, 2.45) is 0 Å². The molecule has 0 radical (unpaired) electrons. The van der Waals surface area contributed by atoms with E-state index in [4.69, 9.17) is 4.74 Å². The van der Waals surface area contributed by atoms with Crippen molar-refractivity contribution in [1.82, 2.24) is 4.98 Å². The van der Waals surface area contributed by atoms with Gasteiger partial charge >= 0.3 is 0 Å². The summed E-state index contributed by atoms with van der Waals surface area (Å²) < 4.78 is 6.47. The van der Waals surface area contributed by atoms with Crippen LogP contribution in [0.5, 0.6) is 11.5 Å². The summed E-state index contributed by atoms with van der Waals surface area (Å²) in [6, 6.07) is 56.0. The minimum atomic E-state index is -0.530. The Morgan fingerprint density at radius 2 is 1.07 bits per heavy atom. The van der Waals surface area contributed by atoms with Gasteiger partial charge in [-0.1, -0.05) is 133 Å². The molecule has 0 saturated heterocycles. The quantitative estimate of drug-likeness (QED) is 0.223. The summed E-state index contributed by atoms with van der Waals surface area (Å²) in [6.45, 7) is 0. The SMILES string of the molecule is c1ccc(C2(c3cccc(-c4ccc(-c5cccc6cccnc56)cc4)c3)c3ccccc3Oc3ccccc32)cc1. The van der Waals surface area contributed by atoms with Crippen molar-refractivity contribution >= 4 is 10.9 Å². The van der Waals surface area contributed by atoms with Gasteiger partial charge in [0, 0.05) is 28.3 Å². The molecule has 8 rings (SSSR count). The molecule has 0 fully saturated rings. The standard InChI is InChI=1S/C40H27NO/c1-2-14-32(15-3-1)40(35-18-4-6-20-37(35)42-38-21-7-5-19-36(38)40)33-16-8-12-31(27-33)28-22-24-29(25-23-28)34-17-9-11-30-13-10-26-41-39(30)34/h1-27H. The Hall–Kier alpha value is -5.47.